The number of nitrogens with one attached hydrogen (secondary N) is 2. The Morgan fingerprint density at radius 3 is 2.64 bits per heavy atom. The molecule has 22 heavy (non-hydrogen) atoms. The molecule has 3 rings (SSSR count). The predicted octanol–water partition coefficient (Wildman–Crippen LogP) is 2.83. The molecule has 0 saturated carbocycles. The highest BCUT2D eigenvalue weighted by molar-refractivity contribution is 7.89. The van der Waals surface area contributed by atoms with Crippen LogP contribution < -0.4 is 4.72 Å². The van der Waals surface area contributed by atoms with Crippen molar-refractivity contribution in [3.05, 3.63) is 66.1 Å². The molecule has 0 aliphatic heterocycles. The fraction of sp³-hybridized carbons (Fsp3) is 0.125. The van der Waals surface area contributed by atoms with Crippen molar-refractivity contribution >= 4 is 20.9 Å². The first-order chi connectivity index (χ1) is 10.6. The van der Waals surface area contributed by atoms with Crippen LogP contribution in [0.5, 0.6) is 0 Å². The molecule has 6 heteroatoms. The number of benzene rings is 2. The van der Waals surface area contributed by atoms with E-state index in [2.05, 4.69) is 9.71 Å². The van der Waals surface area contributed by atoms with Crippen molar-refractivity contribution in [2.75, 3.05) is 6.54 Å². The first-order valence-corrected chi connectivity index (χ1v) is 8.35. The molecule has 3 aromatic rings. The van der Waals surface area contributed by atoms with Gasteiger partial charge in [0.15, 0.2) is 0 Å². The monoisotopic (exact) mass is 318 g/mol. The topological polar surface area (TPSA) is 62.0 Å². The number of rotatable bonds is 5. The van der Waals surface area contributed by atoms with Crippen molar-refractivity contribution in [3.63, 3.8) is 0 Å². The van der Waals surface area contributed by atoms with Crippen molar-refractivity contribution in [1.82, 2.24) is 9.71 Å². The molecule has 0 unspecified atom stereocenters. The van der Waals surface area contributed by atoms with Crippen LogP contribution in [0.1, 0.15) is 5.56 Å². The van der Waals surface area contributed by atoms with Gasteiger partial charge in [-0.3, -0.25) is 0 Å². The van der Waals surface area contributed by atoms with Gasteiger partial charge in [-0.1, -0.05) is 18.2 Å². The van der Waals surface area contributed by atoms with Crippen molar-refractivity contribution < 1.29 is 12.8 Å². The summed E-state index contributed by atoms with van der Waals surface area (Å²) in [5.74, 6) is -0.307. The zero-order valence-corrected chi connectivity index (χ0v) is 12.5. The van der Waals surface area contributed by atoms with Crippen LogP contribution in [-0.4, -0.2) is 19.9 Å². The molecule has 4 nitrogen and oxygen atoms in total. The smallest absolute Gasteiger partial charge is 0.240 e. The van der Waals surface area contributed by atoms with Gasteiger partial charge in [-0.2, -0.15) is 0 Å². The van der Waals surface area contributed by atoms with E-state index in [1.807, 2.05) is 0 Å². The van der Waals surface area contributed by atoms with Crippen molar-refractivity contribution in [1.29, 1.82) is 0 Å². The standard InChI is InChI=1S/C16H15FN2O2S/c17-13-6-7-16-15(10-13)12(11-18-16)8-9-19-22(20,21)14-4-2-1-3-5-14/h1-7,10-11,18-19H,8-9H2. The third-order valence-corrected chi connectivity index (χ3v) is 4.95. The summed E-state index contributed by atoms with van der Waals surface area (Å²) in [6.45, 7) is 0.251. The quantitative estimate of drug-likeness (QED) is 0.760. The Balaban J connectivity index is 1.71. The van der Waals surface area contributed by atoms with E-state index in [-0.39, 0.29) is 17.3 Å². The number of fused-ring (bicyclic) bond motifs is 1. The second-order valence-electron chi connectivity index (χ2n) is 4.96. The summed E-state index contributed by atoms with van der Waals surface area (Å²) in [6.07, 6.45) is 2.26. The van der Waals surface area contributed by atoms with E-state index in [1.54, 1.807) is 42.6 Å². The number of aromatic amines is 1. The maximum atomic E-state index is 13.3. The second-order valence-corrected chi connectivity index (χ2v) is 6.73. The zero-order valence-electron chi connectivity index (χ0n) is 11.7. The molecule has 1 heterocycles. The van der Waals surface area contributed by atoms with Crippen LogP contribution in [0.3, 0.4) is 0 Å². The molecule has 0 bridgehead atoms. The van der Waals surface area contributed by atoms with Crippen LogP contribution >= 0.6 is 0 Å². The van der Waals surface area contributed by atoms with E-state index >= 15 is 0 Å². The summed E-state index contributed by atoms with van der Waals surface area (Å²) in [7, 11) is -3.51. The molecular weight excluding hydrogens is 303 g/mol. The van der Waals surface area contributed by atoms with Gasteiger partial charge in [-0.05, 0) is 42.3 Å². The predicted molar refractivity (Wildman–Crippen MR) is 83.6 cm³/mol. The lowest BCUT2D eigenvalue weighted by Crippen LogP contribution is -2.25. The van der Waals surface area contributed by atoms with E-state index < -0.39 is 10.0 Å². The number of hydrogen-bond acceptors (Lipinski definition) is 2. The van der Waals surface area contributed by atoms with E-state index in [4.69, 9.17) is 0 Å². The van der Waals surface area contributed by atoms with Crippen LogP contribution in [0.15, 0.2) is 59.6 Å². The van der Waals surface area contributed by atoms with Crippen LogP contribution in [0.2, 0.25) is 0 Å². The van der Waals surface area contributed by atoms with Crippen LogP contribution in [0.25, 0.3) is 10.9 Å². The minimum absolute atomic E-state index is 0.236. The SMILES string of the molecule is O=S(=O)(NCCc1c[nH]c2ccc(F)cc12)c1ccccc1. The highest BCUT2D eigenvalue weighted by atomic mass is 32.2. The molecule has 0 saturated heterocycles. The summed E-state index contributed by atoms with van der Waals surface area (Å²) in [4.78, 5) is 3.29. The van der Waals surface area contributed by atoms with Gasteiger partial charge in [0.25, 0.3) is 0 Å². The van der Waals surface area contributed by atoms with E-state index in [0.29, 0.717) is 6.42 Å². The summed E-state index contributed by atoms with van der Waals surface area (Å²) in [5.41, 5.74) is 1.72. The summed E-state index contributed by atoms with van der Waals surface area (Å²) < 4.78 is 40.1. The molecule has 0 spiro atoms. The lowest BCUT2D eigenvalue weighted by atomic mass is 10.1. The molecule has 0 aliphatic rings. The van der Waals surface area contributed by atoms with Crippen LogP contribution in [0.4, 0.5) is 4.39 Å². The van der Waals surface area contributed by atoms with Gasteiger partial charge >= 0.3 is 0 Å². The summed E-state index contributed by atoms with van der Waals surface area (Å²) >= 11 is 0. The highest BCUT2D eigenvalue weighted by Gasteiger charge is 2.13. The third-order valence-electron chi connectivity index (χ3n) is 3.47. The zero-order chi connectivity index (χ0) is 15.6. The van der Waals surface area contributed by atoms with E-state index in [9.17, 15) is 12.8 Å². The Morgan fingerprint density at radius 1 is 1.09 bits per heavy atom. The minimum atomic E-state index is -3.51. The normalized spacial score (nSPS) is 11.9. The highest BCUT2D eigenvalue weighted by Crippen LogP contribution is 2.19. The molecule has 1 aromatic heterocycles. The van der Waals surface area contributed by atoms with Gasteiger partial charge in [0.05, 0.1) is 4.90 Å². The number of halogens is 1. The molecule has 0 radical (unpaired) electrons. The summed E-state index contributed by atoms with van der Waals surface area (Å²) in [5, 5.41) is 0.777. The Labute approximate surface area is 128 Å². The lowest BCUT2D eigenvalue weighted by Gasteiger charge is -2.06. The second kappa shape index (κ2) is 5.90. The first kappa shape index (κ1) is 14.7. The Bertz CT molecular complexity index is 889. The molecule has 0 amide bonds. The number of hydrogen-bond donors (Lipinski definition) is 2. The average molecular weight is 318 g/mol. The maximum absolute atomic E-state index is 13.3. The van der Waals surface area contributed by atoms with Gasteiger partial charge in [0.2, 0.25) is 10.0 Å². The van der Waals surface area contributed by atoms with Crippen LogP contribution in [-0.2, 0) is 16.4 Å². The van der Waals surface area contributed by atoms with Crippen LogP contribution in [0, 0.1) is 5.82 Å². The molecule has 114 valence electrons. The van der Waals surface area contributed by atoms with Gasteiger partial charge in [-0.25, -0.2) is 17.5 Å². The molecule has 0 aliphatic carbocycles. The average Bonchev–Trinajstić information content (AvgIpc) is 2.90. The van der Waals surface area contributed by atoms with Gasteiger partial charge in [0, 0.05) is 23.6 Å². The summed E-state index contributed by atoms with van der Waals surface area (Å²) in [6, 6.07) is 12.7. The minimum Gasteiger partial charge on any atom is -0.361 e. The Kier molecular flexibility index (Phi) is 3.96. The number of H-pyrrole nitrogens is 1. The molecular formula is C16H15FN2O2S. The number of sulfonamides is 1. The molecule has 2 N–H and O–H groups in total. The van der Waals surface area contributed by atoms with Gasteiger partial charge in [-0.15, -0.1) is 0 Å². The van der Waals surface area contributed by atoms with Crippen molar-refractivity contribution in [3.8, 4) is 0 Å². The molecule has 0 fully saturated rings. The van der Waals surface area contributed by atoms with Gasteiger partial charge < -0.3 is 4.98 Å². The molecule has 0 atom stereocenters. The Hall–Kier alpha value is -2.18. The fourth-order valence-electron chi connectivity index (χ4n) is 2.36. The fourth-order valence-corrected chi connectivity index (χ4v) is 3.41. The largest absolute Gasteiger partial charge is 0.361 e. The maximum Gasteiger partial charge on any atom is 0.240 e. The molecule has 2 aromatic carbocycles. The van der Waals surface area contributed by atoms with Crippen molar-refractivity contribution in [2.45, 2.75) is 11.3 Å². The van der Waals surface area contributed by atoms with E-state index in [1.165, 1.54) is 12.1 Å². The first-order valence-electron chi connectivity index (χ1n) is 6.86. The number of aromatic nitrogens is 1. The van der Waals surface area contributed by atoms with Crippen molar-refractivity contribution in [2.24, 2.45) is 0 Å². The lowest BCUT2D eigenvalue weighted by molar-refractivity contribution is 0.581. The van der Waals surface area contributed by atoms with E-state index in [0.717, 1.165) is 16.5 Å². The third kappa shape index (κ3) is 3.03. The van der Waals surface area contributed by atoms with Gasteiger partial charge in [0.1, 0.15) is 5.82 Å². The Morgan fingerprint density at radius 2 is 1.86 bits per heavy atom.